The molecule has 2 N–H and O–H groups in total. The molecule has 1 heterocycles. The number of fused-ring (bicyclic) bond motifs is 1. The average Bonchev–Trinajstić information content (AvgIpc) is 2.96. The highest BCUT2D eigenvalue weighted by Crippen LogP contribution is 2.31. The van der Waals surface area contributed by atoms with Gasteiger partial charge in [-0.2, -0.15) is 0 Å². The van der Waals surface area contributed by atoms with Gasteiger partial charge in [-0.3, -0.25) is 0 Å². The van der Waals surface area contributed by atoms with Crippen molar-refractivity contribution in [1.29, 1.82) is 0 Å². The van der Waals surface area contributed by atoms with Crippen molar-refractivity contribution in [3.05, 3.63) is 54.1 Å². The number of hydrogen-bond acceptors (Lipinski definition) is 3. The molecule has 0 saturated carbocycles. The second kappa shape index (κ2) is 8.90. The van der Waals surface area contributed by atoms with Crippen LogP contribution in [0.5, 0.6) is 5.75 Å². The van der Waals surface area contributed by atoms with Gasteiger partial charge in [-0.15, -0.1) is 0 Å². The van der Waals surface area contributed by atoms with Crippen LogP contribution in [0.1, 0.15) is 25.8 Å². The number of hydrogen-bond donors (Lipinski definition) is 2. The lowest BCUT2D eigenvalue weighted by molar-refractivity contribution is 0.340. The fourth-order valence-electron chi connectivity index (χ4n) is 3.40. The van der Waals surface area contributed by atoms with E-state index in [1.54, 1.807) is 0 Å². The third-order valence-corrected chi connectivity index (χ3v) is 4.88. The first-order valence-corrected chi connectivity index (χ1v) is 9.70. The summed E-state index contributed by atoms with van der Waals surface area (Å²) in [6.45, 7) is 6.84. The lowest BCUT2D eigenvalue weighted by Gasteiger charge is -2.25. The van der Waals surface area contributed by atoms with E-state index < -0.39 is 0 Å². The van der Waals surface area contributed by atoms with E-state index in [1.807, 2.05) is 31.2 Å². The fraction of sp³-hybridized carbons (Fsp3) is 0.381. The zero-order chi connectivity index (χ0) is 18.4. The second-order valence-corrected chi connectivity index (χ2v) is 6.98. The molecule has 0 amide bonds. The third-order valence-electron chi connectivity index (χ3n) is 4.63. The van der Waals surface area contributed by atoms with E-state index in [1.165, 1.54) is 11.3 Å². The molecule has 26 heavy (non-hydrogen) atoms. The van der Waals surface area contributed by atoms with Crippen molar-refractivity contribution in [3.63, 3.8) is 0 Å². The Kier molecular flexibility index (Phi) is 6.34. The predicted octanol–water partition coefficient (Wildman–Crippen LogP) is 4.21. The standard InChI is InChI=1S/C21H27N3OS/c1-3-25-19-11-9-18(10-12-19)23-21(26)22-13-6-14-24-16(2)15-17-7-4-5-8-20(17)24/h4-5,7-12,16H,3,6,13-15H2,1-2H3,(H2,22,23,26)/t16-/m1/s1. The van der Waals surface area contributed by atoms with Crippen molar-refractivity contribution in [3.8, 4) is 5.75 Å². The normalized spacial score (nSPS) is 15.5. The number of anilines is 2. The SMILES string of the molecule is CCOc1ccc(NC(=S)NCCCN2c3ccccc3C[C@H]2C)cc1. The molecule has 1 aliphatic rings. The van der Waals surface area contributed by atoms with Crippen LogP contribution >= 0.6 is 12.2 Å². The molecule has 0 fully saturated rings. The van der Waals surface area contributed by atoms with Crippen molar-refractivity contribution in [1.82, 2.24) is 5.32 Å². The van der Waals surface area contributed by atoms with Gasteiger partial charge < -0.3 is 20.3 Å². The van der Waals surface area contributed by atoms with Crippen LogP contribution in [-0.2, 0) is 6.42 Å². The number of rotatable bonds is 7. The minimum atomic E-state index is 0.571. The molecule has 0 aromatic heterocycles. The van der Waals surface area contributed by atoms with Gasteiger partial charge in [-0.25, -0.2) is 0 Å². The summed E-state index contributed by atoms with van der Waals surface area (Å²) in [5.41, 5.74) is 3.81. The summed E-state index contributed by atoms with van der Waals surface area (Å²) in [6, 6.07) is 17.1. The molecule has 0 unspecified atom stereocenters. The van der Waals surface area contributed by atoms with Gasteiger partial charge in [0.05, 0.1) is 6.61 Å². The maximum atomic E-state index is 5.45. The molecule has 1 atom stereocenters. The highest BCUT2D eigenvalue weighted by atomic mass is 32.1. The van der Waals surface area contributed by atoms with Crippen molar-refractivity contribution in [2.24, 2.45) is 0 Å². The molecule has 1 aliphatic heterocycles. The van der Waals surface area contributed by atoms with E-state index in [9.17, 15) is 0 Å². The van der Waals surface area contributed by atoms with E-state index >= 15 is 0 Å². The molecule has 5 heteroatoms. The van der Waals surface area contributed by atoms with Gasteiger partial charge >= 0.3 is 0 Å². The highest BCUT2D eigenvalue weighted by molar-refractivity contribution is 7.80. The predicted molar refractivity (Wildman–Crippen MR) is 113 cm³/mol. The Bertz CT molecular complexity index is 732. The molecule has 0 aliphatic carbocycles. The van der Waals surface area contributed by atoms with Gasteiger partial charge in [-0.1, -0.05) is 18.2 Å². The minimum absolute atomic E-state index is 0.571. The zero-order valence-electron chi connectivity index (χ0n) is 15.5. The molecule has 0 spiro atoms. The first-order valence-electron chi connectivity index (χ1n) is 9.29. The summed E-state index contributed by atoms with van der Waals surface area (Å²) in [4.78, 5) is 2.50. The number of nitrogens with zero attached hydrogens (tertiary/aromatic N) is 1. The number of ether oxygens (including phenoxy) is 1. The lowest BCUT2D eigenvalue weighted by atomic mass is 10.1. The van der Waals surface area contributed by atoms with E-state index in [-0.39, 0.29) is 0 Å². The van der Waals surface area contributed by atoms with Crippen LogP contribution in [0.15, 0.2) is 48.5 Å². The van der Waals surface area contributed by atoms with E-state index in [0.717, 1.165) is 37.4 Å². The molecule has 0 radical (unpaired) electrons. The third kappa shape index (κ3) is 4.67. The van der Waals surface area contributed by atoms with E-state index in [4.69, 9.17) is 17.0 Å². The van der Waals surface area contributed by atoms with Crippen LogP contribution in [0.3, 0.4) is 0 Å². The van der Waals surface area contributed by atoms with Crippen molar-refractivity contribution in [2.45, 2.75) is 32.7 Å². The van der Waals surface area contributed by atoms with Crippen LogP contribution in [0.25, 0.3) is 0 Å². The summed E-state index contributed by atoms with van der Waals surface area (Å²) in [6.07, 6.45) is 2.19. The number of nitrogens with one attached hydrogen (secondary N) is 2. The Hall–Kier alpha value is -2.27. The van der Waals surface area contributed by atoms with Crippen LogP contribution in [0, 0.1) is 0 Å². The highest BCUT2D eigenvalue weighted by Gasteiger charge is 2.24. The number of thiocarbonyl (C=S) groups is 1. The largest absolute Gasteiger partial charge is 0.494 e. The minimum Gasteiger partial charge on any atom is -0.494 e. The molecule has 0 saturated heterocycles. The van der Waals surface area contributed by atoms with Crippen LogP contribution in [-0.4, -0.2) is 30.9 Å². The summed E-state index contributed by atoms with van der Waals surface area (Å²) in [7, 11) is 0. The maximum absolute atomic E-state index is 5.45. The zero-order valence-corrected chi connectivity index (χ0v) is 16.3. The molecule has 2 aromatic rings. The van der Waals surface area contributed by atoms with Crippen molar-refractivity contribution in [2.75, 3.05) is 29.9 Å². The molecule has 0 bridgehead atoms. The molecule has 2 aromatic carbocycles. The fourth-order valence-corrected chi connectivity index (χ4v) is 3.62. The Morgan fingerprint density at radius 1 is 1.19 bits per heavy atom. The Morgan fingerprint density at radius 2 is 1.96 bits per heavy atom. The lowest BCUT2D eigenvalue weighted by Crippen LogP contribution is -2.34. The van der Waals surface area contributed by atoms with Gasteiger partial charge in [0.1, 0.15) is 5.75 Å². The van der Waals surface area contributed by atoms with Crippen LogP contribution in [0.4, 0.5) is 11.4 Å². The van der Waals surface area contributed by atoms with E-state index in [2.05, 4.69) is 46.7 Å². The smallest absolute Gasteiger partial charge is 0.170 e. The van der Waals surface area contributed by atoms with Crippen LogP contribution in [0.2, 0.25) is 0 Å². The van der Waals surface area contributed by atoms with Gasteiger partial charge in [0.25, 0.3) is 0 Å². The topological polar surface area (TPSA) is 36.5 Å². The quantitative estimate of drug-likeness (QED) is 0.565. The molecular weight excluding hydrogens is 342 g/mol. The molecule has 138 valence electrons. The van der Waals surface area contributed by atoms with Crippen molar-refractivity contribution < 1.29 is 4.74 Å². The summed E-state index contributed by atoms with van der Waals surface area (Å²) < 4.78 is 5.45. The van der Waals surface area contributed by atoms with Gasteiger partial charge in [0.2, 0.25) is 0 Å². The van der Waals surface area contributed by atoms with Gasteiger partial charge in [-0.05, 0) is 74.8 Å². The molecular formula is C21H27N3OS. The summed E-state index contributed by atoms with van der Waals surface area (Å²) in [5, 5.41) is 7.17. The van der Waals surface area contributed by atoms with Crippen molar-refractivity contribution >= 4 is 28.7 Å². The monoisotopic (exact) mass is 369 g/mol. The van der Waals surface area contributed by atoms with Gasteiger partial charge in [0.15, 0.2) is 5.11 Å². The molecule has 3 rings (SSSR count). The first-order chi connectivity index (χ1) is 12.7. The number of para-hydroxylation sites is 1. The Labute approximate surface area is 161 Å². The maximum Gasteiger partial charge on any atom is 0.170 e. The van der Waals surface area contributed by atoms with Gasteiger partial charge in [0, 0.05) is 30.5 Å². The summed E-state index contributed by atoms with van der Waals surface area (Å²) >= 11 is 5.39. The molecule has 4 nitrogen and oxygen atoms in total. The van der Waals surface area contributed by atoms with Crippen LogP contribution < -0.4 is 20.3 Å². The Balaban J connectivity index is 1.40. The Morgan fingerprint density at radius 3 is 2.73 bits per heavy atom. The average molecular weight is 370 g/mol. The first kappa shape index (κ1) is 18.5. The van der Waals surface area contributed by atoms with E-state index in [0.29, 0.717) is 17.8 Å². The summed E-state index contributed by atoms with van der Waals surface area (Å²) in [5.74, 6) is 0.872. The number of benzene rings is 2. The second-order valence-electron chi connectivity index (χ2n) is 6.57.